The van der Waals surface area contributed by atoms with Gasteiger partial charge in [0.1, 0.15) is 23.5 Å². The molecule has 0 bridgehead atoms. The van der Waals surface area contributed by atoms with Crippen molar-refractivity contribution in [1.82, 2.24) is 15.5 Å². The molecule has 0 aromatic heterocycles. The molecule has 2 heterocycles. The SMILES string of the molecule is CC(=O)Oc1cccc(C(=O)Nc2cc(NC(=O)c3cccc(OC(C)=O)c3OC(C)=O)cc(C(=O)NC(C(=O)N[C@@H]3C(=O)N4[C@@H]3SC(C)(C)[C@@H]4C(=O)O)c3ccccc3)c2)c1OC(C)=O. The quantitative estimate of drug-likeness (QED) is 0.0679. The Morgan fingerprint density at radius 2 is 1.14 bits per heavy atom. The number of aliphatic carboxylic acids is 1. The number of carboxylic acids is 1. The van der Waals surface area contributed by atoms with Crippen LogP contribution in [0.25, 0.3) is 0 Å². The van der Waals surface area contributed by atoms with Gasteiger partial charge in [-0.25, -0.2) is 4.79 Å². The van der Waals surface area contributed by atoms with Crippen LogP contribution < -0.4 is 40.2 Å². The lowest BCUT2D eigenvalue weighted by Crippen LogP contribution is -2.71. The fourth-order valence-corrected chi connectivity index (χ4v) is 8.83. The molecule has 6 rings (SSSR count). The molecule has 0 aliphatic carbocycles. The lowest BCUT2D eigenvalue weighted by molar-refractivity contribution is -0.161. The Hall–Kier alpha value is -8.07. The van der Waals surface area contributed by atoms with Gasteiger partial charge in [-0.15, -0.1) is 11.8 Å². The van der Waals surface area contributed by atoms with Crippen molar-refractivity contribution in [2.75, 3.05) is 10.6 Å². The minimum absolute atomic E-state index is 0.154. The Morgan fingerprint density at radius 1 is 0.652 bits per heavy atom. The first-order valence-corrected chi connectivity index (χ1v) is 20.7. The molecular formula is C45H41N5O15S. The highest BCUT2D eigenvalue weighted by Gasteiger charge is 2.64. The Labute approximate surface area is 379 Å². The normalized spacial score (nSPS) is 17.1. The third kappa shape index (κ3) is 10.5. The first-order chi connectivity index (χ1) is 31.1. The molecule has 66 heavy (non-hydrogen) atoms. The number of ether oxygens (including phenoxy) is 4. The van der Waals surface area contributed by atoms with Crippen LogP contribution in [-0.4, -0.2) is 91.6 Å². The second kappa shape index (κ2) is 19.4. The fraction of sp³-hybridized carbons (Fsp3) is 0.244. The zero-order chi connectivity index (χ0) is 48.2. The molecule has 4 aromatic carbocycles. The molecule has 342 valence electrons. The standard InChI is InChI=1S/C45H41N5O15S/c1-21(51)62-31-16-10-14-29(35(31)64-23(3)53)39(56)46-27-18-26(19-28(20-27)47-40(57)30-15-11-17-32(63-22(2)52)36(30)65-24(4)54)38(55)48-33(25-12-8-7-9-13-25)41(58)49-34-42(59)50-37(44(60)61)45(5,6)66-43(34)50/h7-20,33-34,37,43H,1-6H3,(H,46,56)(H,47,57)(H,48,55)(H,49,58)(H,60,61)/t33?,34-,37+,43-/m1/s1. The van der Waals surface area contributed by atoms with Crippen molar-refractivity contribution >= 4 is 82.5 Å². The van der Waals surface area contributed by atoms with E-state index in [1.807, 2.05) is 0 Å². The van der Waals surface area contributed by atoms with Crippen LogP contribution in [-0.2, 0) is 33.6 Å². The zero-order valence-electron chi connectivity index (χ0n) is 35.9. The number of hydrogen-bond donors (Lipinski definition) is 5. The van der Waals surface area contributed by atoms with Crippen molar-refractivity contribution in [3.8, 4) is 23.0 Å². The summed E-state index contributed by atoms with van der Waals surface area (Å²) in [6.45, 7) is 7.66. The number of amides is 5. The number of benzene rings is 4. The molecule has 2 aliphatic rings. The first-order valence-electron chi connectivity index (χ1n) is 19.8. The average Bonchev–Trinajstić information content (AvgIpc) is 3.49. The number of esters is 4. The van der Waals surface area contributed by atoms with Crippen LogP contribution in [0.4, 0.5) is 11.4 Å². The number of carbonyl (C=O) groups excluding carboxylic acids is 9. The second-order valence-electron chi connectivity index (χ2n) is 15.2. The zero-order valence-corrected chi connectivity index (χ0v) is 36.7. The third-order valence-corrected chi connectivity index (χ3v) is 11.4. The number of thioether (sulfide) groups is 1. The molecule has 21 heteroatoms. The van der Waals surface area contributed by atoms with Gasteiger partial charge >= 0.3 is 29.8 Å². The number of carboxylic acid groups (broad SMARTS) is 1. The minimum Gasteiger partial charge on any atom is -0.480 e. The molecule has 2 fully saturated rings. The molecule has 2 saturated heterocycles. The lowest BCUT2D eigenvalue weighted by atomic mass is 9.95. The van der Waals surface area contributed by atoms with Gasteiger partial charge in [0.15, 0.2) is 23.0 Å². The van der Waals surface area contributed by atoms with Gasteiger partial charge in [-0.2, -0.15) is 0 Å². The smallest absolute Gasteiger partial charge is 0.327 e. The number of hydrogen-bond acceptors (Lipinski definition) is 15. The monoisotopic (exact) mass is 923 g/mol. The number of β-lactam (4-membered cyclic amide) rings is 1. The largest absolute Gasteiger partial charge is 0.480 e. The molecule has 4 aromatic rings. The van der Waals surface area contributed by atoms with E-state index in [0.717, 1.165) is 27.7 Å². The van der Waals surface area contributed by atoms with Crippen LogP contribution in [0, 0.1) is 0 Å². The molecule has 2 aliphatic heterocycles. The first kappa shape index (κ1) is 47.4. The third-order valence-electron chi connectivity index (χ3n) is 9.80. The Kier molecular flexibility index (Phi) is 13.9. The number of para-hydroxylation sites is 2. The molecule has 5 amide bonds. The maximum atomic E-state index is 14.3. The summed E-state index contributed by atoms with van der Waals surface area (Å²) in [5.74, 6) is -10.1. The number of rotatable bonds is 14. The van der Waals surface area contributed by atoms with Crippen LogP contribution >= 0.6 is 11.8 Å². The summed E-state index contributed by atoms with van der Waals surface area (Å²) >= 11 is 1.21. The molecule has 4 atom stereocenters. The Bertz CT molecular complexity index is 2590. The molecule has 5 N–H and O–H groups in total. The molecule has 0 spiro atoms. The van der Waals surface area contributed by atoms with Gasteiger partial charge in [-0.3, -0.25) is 43.2 Å². The van der Waals surface area contributed by atoms with Gasteiger partial charge in [0.2, 0.25) is 11.8 Å². The Balaban J connectivity index is 1.37. The van der Waals surface area contributed by atoms with Gasteiger partial charge in [0, 0.05) is 49.4 Å². The van der Waals surface area contributed by atoms with E-state index >= 15 is 0 Å². The van der Waals surface area contributed by atoms with Crippen molar-refractivity contribution in [2.45, 2.75) is 69.8 Å². The number of nitrogens with zero attached hydrogens (tertiary/aromatic N) is 1. The van der Waals surface area contributed by atoms with Crippen molar-refractivity contribution in [3.63, 3.8) is 0 Å². The molecule has 1 unspecified atom stereocenters. The van der Waals surface area contributed by atoms with E-state index in [4.69, 9.17) is 18.9 Å². The molecule has 0 radical (unpaired) electrons. The van der Waals surface area contributed by atoms with E-state index in [2.05, 4.69) is 21.3 Å². The van der Waals surface area contributed by atoms with E-state index in [-0.39, 0.29) is 45.1 Å². The highest BCUT2D eigenvalue weighted by atomic mass is 32.2. The lowest BCUT2D eigenvalue weighted by Gasteiger charge is -2.44. The van der Waals surface area contributed by atoms with Crippen LogP contribution in [0.3, 0.4) is 0 Å². The summed E-state index contributed by atoms with van der Waals surface area (Å²) in [4.78, 5) is 131. The predicted molar refractivity (Wildman–Crippen MR) is 233 cm³/mol. The van der Waals surface area contributed by atoms with E-state index in [1.54, 1.807) is 44.2 Å². The van der Waals surface area contributed by atoms with Gasteiger partial charge in [0.05, 0.1) is 11.1 Å². The van der Waals surface area contributed by atoms with Crippen LogP contribution in [0.2, 0.25) is 0 Å². The predicted octanol–water partition coefficient (Wildman–Crippen LogP) is 4.00. The topological polar surface area (TPSA) is 279 Å². The number of carbonyl (C=O) groups is 10. The fourth-order valence-electron chi connectivity index (χ4n) is 7.20. The van der Waals surface area contributed by atoms with Crippen molar-refractivity contribution < 1.29 is 72.0 Å². The van der Waals surface area contributed by atoms with Crippen molar-refractivity contribution in [1.29, 1.82) is 0 Å². The van der Waals surface area contributed by atoms with E-state index in [9.17, 15) is 53.1 Å². The van der Waals surface area contributed by atoms with Gasteiger partial charge in [-0.1, -0.05) is 42.5 Å². The molecule has 20 nitrogen and oxygen atoms in total. The molecular weight excluding hydrogens is 883 g/mol. The van der Waals surface area contributed by atoms with E-state index in [1.165, 1.54) is 71.3 Å². The summed E-state index contributed by atoms with van der Waals surface area (Å²) < 4.78 is 19.9. The summed E-state index contributed by atoms with van der Waals surface area (Å²) in [5.41, 5.74) is -0.870. The summed E-state index contributed by atoms with van der Waals surface area (Å²) in [5, 5.41) is 19.6. The van der Waals surface area contributed by atoms with Gasteiger partial charge in [0.25, 0.3) is 17.7 Å². The minimum atomic E-state index is -1.46. The van der Waals surface area contributed by atoms with E-state index in [0.29, 0.717) is 0 Å². The Morgan fingerprint density at radius 3 is 1.59 bits per heavy atom. The average molecular weight is 924 g/mol. The van der Waals surface area contributed by atoms with Crippen LogP contribution in [0.5, 0.6) is 23.0 Å². The van der Waals surface area contributed by atoms with Gasteiger partial charge in [-0.05, 0) is 61.9 Å². The summed E-state index contributed by atoms with van der Waals surface area (Å²) in [6.07, 6.45) is 0. The highest BCUT2D eigenvalue weighted by molar-refractivity contribution is 8.01. The van der Waals surface area contributed by atoms with Crippen LogP contribution in [0.1, 0.15) is 84.2 Å². The van der Waals surface area contributed by atoms with Gasteiger partial charge < -0.3 is 50.2 Å². The summed E-state index contributed by atoms with van der Waals surface area (Å²) in [6, 6.07) is 15.6. The van der Waals surface area contributed by atoms with E-state index < -0.39 is 99.1 Å². The number of nitrogens with one attached hydrogen (secondary N) is 4. The van der Waals surface area contributed by atoms with Crippen LogP contribution in [0.15, 0.2) is 84.9 Å². The van der Waals surface area contributed by atoms with Crippen molar-refractivity contribution in [3.05, 3.63) is 107 Å². The second-order valence-corrected chi connectivity index (χ2v) is 17.0. The molecule has 0 saturated carbocycles. The number of anilines is 2. The summed E-state index contributed by atoms with van der Waals surface area (Å²) in [7, 11) is 0. The maximum Gasteiger partial charge on any atom is 0.327 e. The highest BCUT2D eigenvalue weighted by Crippen LogP contribution is 2.51. The maximum absolute atomic E-state index is 14.3. The van der Waals surface area contributed by atoms with Crippen molar-refractivity contribution in [2.24, 2.45) is 0 Å². The number of fused-ring (bicyclic) bond motifs is 1.